The number of hydrogen-bond acceptors (Lipinski definition) is 1. The molecule has 2 rings (SSSR count). The second kappa shape index (κ2) is 4.59. The van der Waals surface area contributed by atoms with Gasteiger partial charge in [-0.05, 0) is 38.6 Å². The number of nitrogens with one attached hydrogen (secondary N) is 1. The van der Waals surface area contributed by atoms with Gasteiger partial charge in [-0.1, -0.05) is 25.7 Å². The molecule has 0 spiro atoms. The van der Waals surface area contributed by atoms with E-state index in [1.54, 1.807) is 6.92 Å². The molecule has 1 aliphatic heterocycles. The molecule has 2 fully saturated rings. The summed E-state index contributed by atoms with van der Waals surface area (Å²) >= 11 is 0. The lowest BCUT2D eigenvalue weighted by Gasteiger charge is -2.47. The molecule has 94 valence electrons. The Balaban J connectivity index is 2.14. The van der Waals surface area contributed by atoms with Crippen LogP contribution in [0.2, 0.25) is 0 Å². The summed E-state index contributed by atoms with van der Waals surface area (Å²) < 4.78 is 28.2. The molecule has 1 heterocycles. The van der Waals surface area contributed by atoms with Crippen LogP contribution in [0.5, 0.6) is 0 Å². The maximum absolute atomic E-state index is 14.1. The summed E-state index contributed by atoms with van der Waals surface area (Å²) in [4.78, 5) is 0. The summed E-state index contributed by atoms with van der Waals surface area (Å²) in [5.74, 6) is -2.37. The first kappa shape index (κ1) is 12.3. The van der Waals surface area contributed by atoms with Crippen molar-refractivity contribution in [1.29, 1.82) is 0 Å². The number of hydrogen-bond donors (Lipinski definition) is 1. The van der Waals surface area contributed by atoms with Crippen molar-refractivity contribution in [2.75, 3.05) is 6.54 Å². The minimum Gasteiger partial charge on any atom is -0.306 e. The second-order valence-corrected chi connectivity index (χ2v) is 5.63. The van der Waals surface area contributed by atoms with E-state index in [1.807, 2.05) is 0 Å². The lowest BCUT2D eigenvalue weighted by Crippen LogP contribution is -2.64. The van der Waals surface area contributed by atoms with Crippen LogP contribution in [0.15, 0.2) is 0 Å². The first-order valence-electron chi connectivity index (χ1n) is 6.69. The zero-order chi connectivity index (χ0) is 11.6. The average molecular weight is 231 g/mol. The third-order valence-corrected chi connectivity index (χ3v) is 4.59. The molecule has 0 aromatic heterocycles. The van der Waals surface area contributed by atoms with E-state index < -0.39 is 11.5 Å². The largest absolute Gasteiger partial charge is 0.306 e. The second-order valence-electron chi connectivity index (χ2n) is 5.63. The summed E-state index contributed by atoms with van der Waals surface area (Å²) in [7, 11) is 0. The Labute approximate surface area is 97.0 Å². The van der Waals surface area contributed by atoms with Crippen LogP contribution in [0.25, 0.3) is 0 Å². The maximum atomic E-state index is 14.1. The van der Waals surface area contributed by atoms with Crippen LogP contribution in [-0.2, 0) is 0 Å². The molecule has 0 radical (unpaired) electrons. The molecule has 1 atom stereocenters. The Morgan fingerprint density at radius 1 is 1.00 bits per heavy atom. The molecule has 0 bridgehead atoms. The quantitative estimate of drug-likeness (QED) is 0.678. The van der Waals surface area contributed by atoms with Crippen LogP contribution < -0.4 is 5.32 Å². The van der Waals surface area contributed by atoms with E-state index in [0.29, 0.717) is 6.42 Å². The van der Waals surface area contributed by atoms with Gasteiger partial charge < -0.3 is 5.32 Å². The first-order valence-corrected chi connectivity index (χ1v) is 6.69. The number of alkyl halides is 2. The molecular weight excluding hydrogens is 208 g/mol. The SMILES string of the molecule is CC1(C2CCCCCC2)NCCCC1(F)F. The molecule has 1 saturated heterocycles. The summed E-state index contributed by atoms with van der Waals surface area (Å²) in [6, 6.07) is 0. The predicted octanol–water partition coefficient (Wildman–Crippen LogP) is 3.73. The highest BCUT2D eigenvalue weighted by molar-refractivity contribution is 5.04. The van der Waals surface area contributed by atoms with Gasteiger partial charge in [0.2, 0.25) is 0 Å². The molecule has 1 aliphatic carbocycles. The third kappa shape index (κ3) is 2.11. The lowest BCUT2D eigenvalue weighted by molar-refractivity contribution is -0.131. The summed E-state index contributed by atoms with van der Waals surface area (Å²) in [5.41, 5.74) is -0.949. The van der Waals surface area contributed by atoms with Gasteiger partial charge in [-0.2, -0.15) is 0 Å². The van der Waals surface area contributed by atoms with Crippen LogP contribution in [-0.4, -0.2) is 18.0 Å². The maximum Gasteiger partial charge on any atom is 0.265 e. The van der Waals surface area contributed by atoms with Gasteiger partial charge in [-0.3, -0.25) is 0 Å². The Hall–Kier alpha value is -0.180. The summed E-state index contributed by atoms with van der Waals surface area (Å²) in [6.45, 7) is 2.50. The number of rotatable bonds is 1. The van der Waals surface area contributed by atoms with Crippen molar-refractivity contribution in [2.45, 2.75) is 69.8 Å². The van der Waals surface area contributed by atoms with Crippen LogP contribution in [0.4, 0.5) is 8.78 Å². The van der Waals surface area contributed by atoms with Crippen molar-refractivity contribution in [3.05, 3.63) is 0 Å². The molecule has 1 saturated carbocycles. The minimum absolute atomic E-state index is 0.0625. The first-order chi connectivity index (χ1) is 7.56. The van der Waals surface area contributed by atoms with E-state index in [0.717, 1.165) is 32.2 Å². The Morgan fingerprint density at radius 3 is 2.19 bits per heavy atom. The van der Waals surface area contributed by atoms with Crippen molar-refractivity contribution >= 4 is 0 Å². The molecular formula is C13H23F2N. The third-order valence-electron chi connectivity index (χ3n) is 4.59. The van der Waals surface area contributed by atoms with Gasteiger partial charge in [-0.25, -0.2) is 8.78 Å². The smallest absolute Gasteiger partial charge is 0.265 e. The van der Waals surface area contributed by atoms with Crippen molar-refractivity contribution in [2.24, 2.45) is 5.92 Å². The molecule has 1 unspecified atom stereocenters. The van der Waals surface area contributed by atoms with Crippen molar-refractivity contribution in [3.63, 3.8) is 0 Å². The van der Waals surface area contributed by atoms with Gasteiger partial charge in [0, 0.05) is 6.42 Å². The topological polar surface area (TPSA) is 12.0 Å². The fraction of sp³-hybridized carbons (Fsp3) is 1.00. The molecule has 1 N–H and O–H groups in total. The average Bonchev–Trinajstić information content (AvgIpc) is 2.51. The van der Waals surface area contributed by atoms with E-state index in [2.05, 4.69) is 5.32 Å². The lowest BCUT2D eigenvalue weighted by atomic mass is 9.73. The molecule has 0 amide bonds. The van der Waals surface area contributed by atoms with Gasteiger partial charge in [0.25, 0.3) is 5.92 Å². The Bertz CT molecular complexity index is 234. The summed E-state index contributed by atoms with van der Waals surface area (Å²) in [6.07, 6.45) is 7.30. The highest BCUT2D eigenvalue weighted by Crippen LogP contribution is 2.45. The van der Waals surface area contributed by atoms with Crippen LogP contribution in [0.1, 0.15) is 58.3 Å². The van der Waals surface area contributed by atoms with E-state index in [4.69, 9.17) is 0 Å². The standard InChI is InChI=1S/C13H23F2N/c1-12(11-7-4-2-3-5-8-11)13(14,15)9-6-10-16-12/h11,16H,2-10H2,1H3. The van der Waals surface area contributed by atoms with Gasteiger partial charge in [0.05, 0.1) is 5.54 Å². The number of halogens is 2. The zero-order valence-electron chi connectivity index (χ0n) is 10.2. The molecule has 2 aliphatic rings. The molecule has 1 nitrogen and oxygen atoms in total. The highest BCUT2D eigenvalue weighted by atomic mass is 19.3. The van der Waals surface area contributed by atoms with Crippen LogP contribution in [0.3, 0.4) is 0 Å². The fourth-order valence-corrected chi connectivity index (χ4v) is 3.35. The molecule has 16 heavy (non-hydrogen) atoms. The van der Waals surface area contributed by atoms with Crippen molar-refractivity contribution in [1.82, 2.24) is 5.32 Å². The van der Waals surface area contributed by atoms with Gasteiger partial charge >= 0.3 is 0 Å². The molecule has 3 heteroatoms. The van der Waals surface area contributed by atoms with Gasteiger partial charge in [-0.15, -0.1) is 0 Å². The van der Waals surface area contributed by atoms with Crippen molar-refractivity contribution < 1.29 is 8.78 Å². The normalized spacial score (nSPS) is 36.9. The monoisotopic (exact) mass is 231 g/mol. The van der Waals surface area contributed by atoms with E-state index in [1.165, 1.54) is 12.8 Å². The molecule has 0 aromatic carbocycles. The van der Waals surface area contributed by atoms with E-state index >= 15 is 0 Å². The number of piperidine rings is 1. The predicted molar refractivity (Wildman–Crippen MR) is 61.8 cm³/mol. The molecule has 0 aromatic rings. The fourth-order valence-electron chi connectivity index (χ4n) is 3.35. The Kier molecular flexibility index (Phi) is 3.53. The van der Waals surface area contributed by atoms with Gasteiger partial charge in [0.1, 0.15) is 0 Å². The minimum atomic E-state index is -2.53. The highest BCUT2D eigenvalue weighted by Gasteiger charge is 2.55. The Morgan fingerprint density at radius 2 is 1.62 bits per heavy atom. The van der Waals surface area contributed by atoms with Gasteiger partial charge in [0.15, 0.2) is 0 Å². The van der Waals surface area contributed by atoms with E-state index in [9.17, 15) is 8.78 Å². The van der Waals surface area contributed by atoms with Crippen LogP contribution >= 0.6 is 0 Å². The van der Waals surface area contributed by atoms with Crippen LogP contribution in [0, 0.1) is 5.92 Å². The van der Waals surface area contributed by atoms with Crippen molar-refractivity contribution in [3.8, 4) is 0 Å². The zero-order valence-corrected chi connectivity index (χ0v) is 10.2. The van der Waals surface area contributed by atoms with E-state index in [-0.39, 0.29) is 12.3 Å². The summed E-state index contributed by atoms with van der Waals surface area (Å²) in [5, 5.41) is 3.13.